The molecule has 0 N–H and O–H groups in total. The molecule has 0 bridgehead atoms. The van der Waals surface area contributed by atoms with Crippen LogP contribution in [0.25, 0.3) is 0 Å². The Hall–Kier alpha value is -1.52. The lowest BCUT2D eigenvalue weighted by Crippen LogP contribution is -2.34. The fourth-order valence-electron chi connectivity index (χ4n) is 2.78. The predicted molar refractivity (Wildman–Crippen MR) is 75.3 cm³/mol. The normalized spacial score (nSPS) is 18.7. The third-order valence-corrected chi connectivity index (χ3v) is 4.44. The number of ether oxygens (including phenoxy) is 3. The lowest BCUT2D eigenvalue weighted by Gasteiger charge is -2.39. The number of halogens is 1. The van der Waals surface area contributed by atoms with E-state index in [4.69, 9.17) is 14.2 Å². The minimum absolute atomic E-state index is 0.478. The topological polar surface area (TPSA) is 57.1 Å². The second-order valence-corrected chi connectivity index (χ2v) is 5.73. The zero-order valence-electron chi connectivity index (χ0n) is 11.1. The fourth-order valence-corrected chi connectivity index (χ4v) is 3.34. The van der Waals surface area contributed by atoms with E-state index in [9.17, 15) is 4.79 Å². The van der Waals surface area contributed by atoms with Gasteiger partial charge in [-0.15, -0.1) is 0 Å². The largest absolute Gasteiger partial charge is 0.495 e. The van der Waals surface area contributed by atoms with Gasteiger partial charge >= 0.3 is 0 Å². The average molecular weight is 340 g/mol. The van der Waals surface area contributed by atoms with Crippen molar-refractivity contribution in [1.82, 2.24) is 0 Å². The molecule has 0 unspecified atom stereocenters. The van der Waals surface area contributed by atoms with Crippen molar-refractivity contribution in [3.05, 3.63) is 16.1 Å². The number of benzene rings is 1. The maximum Gasteiger partial charge on any atom is 0.235 e. The van der Waals surface area contributed by atoms with E-state index < -0.39 is 5.54 Å². The SMILES string of the molecule is COc1c(Br)cc2c(c1C1(N=C=O)CCC1)OCCO2. The molecule has 0 amide bonds. The van der Waals surface area contributed by atoms with Crippen LogP contribution in [0.15, 0.2) is 15.5 Å². The molecule has 5 nitrogen and oxygen atoms in total. The molecule has 1 fully saturated rings. The van der Waals surface area contributed by atoms with E-state index in [0.717, 1.165) is 29.3 Å². The van der Waals surface area contributed by atoms with E-state index >= 15 is 0 Å². The maximum absolute atomic E-state index is 10.8. The van der Waals surface area contributed by atoms with Crippen molar-refractivity contribution in [2.45, 2.75) is 24.8 Å². The Labute approximate surface area is 125 Å². The van der Waals surface area contributed by atoms with Crippen molar-refractivity contribution in [2.24, 2.45) is 4.99 Å². The standard InChI is InChI=1S/C14H14BrNO4/c1-18-12-9(15)7-10-13(20-6-5-19-10)11(12)14(16-8-17)3-2-4-14/h7H,2-6H2,1H3. The zero-order valence-corrected chi connectivity index (χ0v) is 12.7. The van der Waals surface area contributed by atoms with Gasteiger partial charge in [-0.05, 0) is 35.2 Å². The highest BCUT2D eigenvalue weighted by Crippen LogP contribution is 2.56. The first-order valence-corrected chi connectivity index (χ1v) is 7.27. The summed E-state index contributed by atoms with van der Waals surface area (Å²) in [7, 11) is 1.59. The molecule has 106 valence electrons. The van der Waals surface area contributed by atoms with Crippen LogP contribution in [-0.2, 0) is 10.3 Å². The average Bonchev–Trinajstić information content (AvgIpc) is 2.41. The number of isocyanates is 1. The number of nitrogens with zero attached hydrogens (tertiary/aromatic N) is 1. The molecular weight excluding hydrogens is 326 g/mol. The van der Waals surface area contributed by atoms with E-state index in [2.05, 4.69) is 20.9 Å². The molecule has 0 atom stereocenters. The molecule has 6 heteroatoms. The Morgan fingerprint density at radius 3 is 2.75 bits per heavy atom. The van der Waals surface area contributed by atoms with Gasteiger partial charge in [-0.25, -0.2) is 4.79 Å². The van der Waals surface area contributed by atoms with Gasteiger partial charge in [0.05, 0.1) is 17.1 Å². The van der Waals surface area contributed by atoms with Gasteiger partial charge in [-0.2, -0.15) is 4.99 Å². The number of fused-ring (bicyclic) bond motifs is 1. The van der Waals surface area contributed by atoms with Gasteiger partial charge in [0.15, 0.2) is 11.5 Å². The Balaban J connectivity index is 2.26. The highest BCUT2D eigenvalue weighted by molar-refractivity contribution is 9.10. The zero-order chi connectivity index (χ0) is 14.2. The lowest BCUT2D eigenvalue weighted by molar-refractivity contribution is 0.157. The van der Waals surface area contributed by atoms with Gasteiger partial charge < -0.3 is 14.2 Å². The second-order valence-electron chi connectivity index (χ2n) is 4.88. The van der Waals surface area contributed by atoms with Gasteiger partial charge in [0, 0.05) is 6.07 Å². The van der Waals surface area contributed by atoms with Crippen LogP contribution in [0, 0.1) is 0 Å². The number of methoxy groups -OCH3 is 1. The van der Waals surface area contributed by atoms with Crippen LogP contribution >= 0.6 is 15.9 Å². The van der Waals surface area contributed by atoms with Gasteiger partial charge in [0.2, 0.25) is 6.08 Å². The third-order valence-electron chi connectivity index (χ3n) is 3.85. The van der Waals surface area contributed by atoms with Crippen LogP contribution in [0.1, 0.15) is 24.8 Å². The number of aliphatic imine (C=N–C) groups is 1. The minimum atomic E-state index is -0.596. The van der Waals surface area contributed by atoms with E-state index in [-0.39, 0.29) is 0 Å². The Kier molecular flexibility index (Phi) is 3.44. The summed E-state index contributed by atoms with van der Waals surface area (Å²) < 4.78 is 17.7. The van der Waals surface area contributed by atoms with Crippen molar-refractivity contribution >= 4 is 22.0 Å². The molecule has 20 heavy (non-hydrogen) atoms. The molecule has 2 aliphatic rings. The van der Waals surface area contributed by atoms with Gasteiger partial charge in [-0.3, -0.25) is 0 Å². The molecule has 1 aliphatic heterocycles. The second kappa shape index (κ2) is 5.11. The molecule has 1 saturated carbocycles. The van der Waals surface area contributed by atoms with Crippen LogP contribution in [0.4, 0.5) is 0 Å². The molecule has 0 saturated heterocycles. The van der Waals surface area contributed by atoms with Crippen LogP contribution in [0.2, 0.25) is 0 Å². The Bertz CT molecular complexity index is 591. The van der Waals surface area contributed by atoms with E-state index in [1.807, 2.05) is 6.07 Å². The van der Waals surface area contributed by atoms with Crippen molar-refractivity contribution in [3.8, 4) is 17.2 Å². The van der Waals surface area contributed by atoms with E-state index in [0.29, 0.717) is 30.5 Å². The lowest BCUT2D eigenvalue weighted by atomic mass is 9.71. The first-order valence-electron chi connectivity index (χ1n) is 6.47. The van der Waals surface area contributed by atoms with Crippen LogP contribution in [0.3, 0.4) is 0 Å². The molecule has 3 rings (SSSR count). The molecule has 0 spiro atoms. The summed E-state index contributed by atoms with van der Waals surface area (Å²) in [5.74, 6) is 1.94. The Morgan fingerprint density at radius 2 is 2.15 bits per heavy atom. The molecule has 0 radical (unpaired) electrons. The van der Waals surface area contributed by atoms with E-state index in [1.165, 1.54) is 0 Å². The molecule has 1 aromatic carbocycles. The molecule has 1 heterocycles. The first-order chi connectivity index (χ1) is 9.72. The number of hydrogen-bond donors (Lipinski definition) is 0. The summed E-state index contributed by atoms with van der Waals surface area (Å²) in [6.45, 7) is 0.987. The van der Waals surface area contributed by atoms with Gasteiger partial charge in [0.25, 0.3) is 0 Å². The van der Waals surface area contributed by atoms with E-state index in [1.54, 1.807) is 13.2 Å². The highest BCUT2D eigenvalue weighted by Gasteiger charge is 2.45. The summed E-state index contributed by atoms with van der Waals surface area (Å²) in [6, 6.07) is 1.83. The Morgan fingerprint density at radius 1 is 1.40 bits per heavy atom. The highest BCUT2D eigenvalue weighted by atomic mass is 79.9. The summed E-state index contributed by atoms with van der Waals surface area (Å²) in [6.07, 6.45) is 4.27. The van der Waals surface area contributed by atoms with Crippen molar-refractivity contribution in [1.29, 1.82) is 0 Å². The molecule has 0 aromatic heterocycles. The maximum atomic E-state index is 10.8. The van der Waals surface area contributed by atoms with Crippen molar-refractivity contribution in [2.75, 3.05) is 20.3 Å². The quantitative estimate of drug-likeness (QED) is 0.627. The molecule has 1 aromatic rings. The van der Waals surface area contributed by atoms with Crippen LogP contribution in [-0.4, -0.2) is 26.4 Å². The summed E-state index contributed by atoms with van der Waals surface area (Å²) in [5, 5.41) is 0. The van der Waals surface area contributed by atoms with Crippen LogP contribution < -0.4 is 14.2 Å². The summed E-state index contributed by atoms with van der Waals surface area (Å²) in [4.78, 5) is 14.9. The monoisotopic (exact) mass is 339 g/mol. The predicted octanol–water partition coefficient (Wildman–Crippen LogP) is 2.94. The van der Waals surface area contributed by atoms with Crippen molar-refractivity contribution < 1.29 is 19.0 Å². The molecule has 1 aliphatic carbocycles. The van der Waals surface area contributed by atoms with Gasteiger partial charge in [0.1, 0.15) is 24.5 Å². The fraction of sp³-hybridized carbons (Fsp3) is 0.500. The number of rotatable bonds is 3. The number of carbonyl (C=O) groups excluding carboxylic acids is 1. The number of hydrogen-bond acceptors (Lipinski definition) is 5. The minimum Gasteiger partial charge on any atom is -0.495 e. The molecular formula is C14H14BrNO4. The van der Waals surface area contributed by atoms with Crippen molar-refractivity contribution in [3.63, 3.8) is 0 Å². The third kappa shape index (κ3) is 1.91. The van der Waals surface area contributed by atoms with Gasteiger partial charge in [-0.1, -0.05) is 0 Å². The summed E-state index contributed by atoms with van der Waals surface area (Å²) >= 11 is 3.48. The van der Waals surface area contributed by atoms with Crippen LogP contribution in [0.5, 0.6) is 17.2 Å². The smallest absolute Gasteiger partial charge is 0.235 e. The first kappa shape index (κ1) is 13.5. The summed E-state index contributed by atoms with van der Waals surface area (Å²) in [5.41, 5.74) is 0.195.